The van der Waals surface area contributed by atoms with Gasteiger partial charge >= 0.3 is 5.97 Å². The number of aryl methyl sites for hydroxylation is 2. The summed E-state index contributed by atoms with van der Waals surface area (Å²) in [6.07, 6.45) is 1.56. The van der Waals surface area contributed by atoms with Crippen LogP contribution in [0.3, 0.4) is 0 Å². The van der Waals surface area contributed by atoms with Crippen molar-refractivity contribution in [3.8, 4) is 0 Å². The van der Waals surface area contributed by atoms with Gasteiger partial charge in [0.2, 0.25) is 0 Å². The number of nitrogens with one attached hydrogen (secondary N) is 1. The molecule has 6 heteroatoms. The summed E-state index contributed by atoms with van der Waals surface area (Å²) in [4.78, 5) is 20.1. The molecule has 0 fully saturated rings. The number of carboxylic acid groups (broad SMARTS) is 1. The number of anilines is 1. The van der Waals surface area contributed by atoms with Crippen LogP contribution in [0.25, 0.3) is 0 Å². The van der Waals surface area contributed by atoms with E-state index in [0.717, 1.165) is 16.4 Å². The first-order valence-electron chi connectivity index (χ1n) is 5.42. The van der Waals surface area contributed by atoms with E-state index in [2.05, 4.69) is 15.3 Å². The van der Waals surface area contributed by atoms with Crippen molar-refractivity contribution in [3.63, 3.8) is 0 Å². The van der Waals surface area contributed by atoms with Gasteiger partial charge in [-0.2, -0.15) is 0 Å². The number of rotatable bonds is 4. The Morgan fingerprint density at radius 3 is 2.72 bits per heavy atom. The maximum Gasteiger partial charge on any atom is 0.354 e. The van der Waals surface area contributed by atoms with E-state index in [0.29, 0.717) is 6.54 Å². The Labute approximate surface area is 109 Å². The quantitative estimate of drug-likeness (QED) is 0.886. The fourth-order valence-electron chi connectivity index (χ4n) is 1.38. The van der Waals surface area contributed by atoms with Crippen molar-refractivity contribution in [3.05, 3.63) is 40.2 Å². The molecule has 0 aromatic carbocycles. The highest BCUT2D eigenvalue weighted by molar-refractivity contribution is 7.15. The monoisotopic (exact) mass is 263 g/mol. The average Bonchev–Trinajstić information content (AvgIpc) is 2.67. The lowest BCUT2D eigenvalue weighted by molar-refractivity contribution is 0.0690. The molecule has 2 rings (SSSR count). The standard InChI is InChI=1S/C12H13N3O2S/c1-7-8(2)18-12(15-7)14-6-9-3-4-10(11(16)17)13-5-9/h3-5H,6H2,1-2H3,(H,14,15)(H,16,17). The summed E-state index contributed by atoms with van der Waals surface area (Å²) in [5, 5.41) is 12.8. The van der Waals surface area contributed by atoms with Gasteiger partial charge in [-0.3, -0.25) is 0 Å². The number of aromatic carboxylic acids is 1. The van der Waals surface area contributed by atoms with E-state index in [-0.39, 0.29) is 5.69 Å². The summed E-state index contributed by atoms with van der Waals surface area (Å²) in [5.74, 6) is -1.01. The van der Waals surface area contributed by atoms with Crippen LogP contribution in [0.1, 0.15) is 26.6 Å². The van der Waals surface area contributed by atoms with Crippen molar-refractivity contribution in [2.75, 3.05) is 5.32 Å². The maximum atomic E-state index is 10.6. The second-order valence-electron chi connectivity index (χ2n) is 3.87. The fourth-order valence-corrected chi connectivity index (χ4v) is 2.19. The zero-order valence-corrected chi connectivity index (χ0v) is 10.9. The van der Waals surface area contributed by atoms with Crippen molar-refractivity contribution in [1.29, 1.82) is 0 Å². The van der Waals surface area contributed by atoms with Gasteiger partial charge in [0.15, 0.2) is 5.13 Å². The molecular formula is C12H13N3O2S. The molecule has 5 nitrogen and oxygen atoms in total. The van der Waals surface area contributed by atoms with Crippen LogP contribution in [0, 0.1) is 13.8 Å². The number of aromatic nitrogens is 2. The predicted octanol–water partition coefficient (Wildman–Crippen LogP) is 2.47. The number of hydrogen-bond acceptors (Lipinski definition) is 5. The molecule has 18 heavy (non-hydrogen) atoms. The van der Waals surface area contributed by atoms with Crippen LogP contribution in [-0.4, -0.2) is 21.0 Å². The minimum absolute atomic E-state index is 0.0553. The van der Waals surface area contributed by atoms with Gasteiger partial charge in [0.05, 0.1) is 5.69 Å². The van der Waals surface area contributed by atoms with Crippen molar-refractivity contribution in [1.82, 2.24) is 9.97 Å². The summed E-state index contributed by atoms with van der Waals surface area (Å²) in [6.45, 7) is 4.58. The highest BCUT2D eigenvalue weighted by Gasteiger charge is 2.05. The first-order chi connectivity index (χ1) is 8.56. The summed E-state index contributed by atoms with van der Waals surface area (Å²) in [7, 11) is 0. The molecule has 2 N–H and O–H groups in total. The van der Waals surface area contributed by atoms with Gasteiger partial charge in [0.1, 0.15) is 5.69 Å². The first kappa shape index (κ1) is 12.5. The highest BCUT2D eigenvalue weighted by Crippen LogP contribution is 2.21. The number of nitrogens with zero attached hydrogens (tertiary/aromatic N) is 2. The normalized spacial score (nSPS) is 10.3. The van der Waals surface area contributed by atoms with Gasteiger partial charge in [-0.1, -0.05) is 6.07 Å². The highest BCUT2D eigenvalue weighted by atomic mass is 32.1. The summed E-state index contributed by atoms with van der Waals surface area (Å²) >= 11 is 1.60. The molecule has 94 valence electrons. The Morgan fingerprint density at radius 2 is 2.22 bits per heavy atom. The zero-order chi connectivity index (χ0) is 13.1. The number of thiazole rings is 1. The molecule has 0 aliphatic rings. The van der Waals surface area contributed by atoms with E-state index in [4.69, 9.17) is 5.11 Å². The molecule has 0 aliphatic carbocycles. The van der Waals surface area contributed by atoms with Gasteiger partial charge in [-0.25, -0.2) is 14.8 Å². The number of carboxylic acids is 1. The third kappa shape index (κ3) is 2.84. The molecule has 0 atom stereocenters. The molecule has 0 unspecified atom stereocenters. The van der Waals surface area contributed by atoms with Gasteiger partial charge < -0.3 is 10.4 Å². The molecule has 2 aromatic rings. The molecule has 0 saturated heterocycles. The van der Waals surface area contributed by atoms with Gasteiger partial charge in [0, 0.05) is 17.6 Å². The molecule has 0 saturated carbocycles. The first-order valence-corrected chi connectivity index (χ1v) is 6.24. The topological polar surface area (TPSA) is 75.1 Å². The summed E-state index contributed by atoms with van der Waals surface area (Å²) in [6, 6.07) is 3.24. The maximum absolute atomic E-state index is 10.6. The van der Waals surface area contributed by atoms with Crippen molar-refractivity contribution < 1.29 is 9.90 Å². The molecule has 0 radical (unpaired) electrons. The van der Waals surface area contributed by atoms with E-state index in [9.17, 15) is 4.79 Å². The lowest BCUT2D eigenvalue weighted by Gasteiger charge is -2.02. The minimum Gasteiger partial charge on any atom is -0.477 e. The largest absolute Gasteiger partial charge is 0.477 e. The molecule has 0 spiro atoms. The Kier molecular flexibility index (Phi) is 3.57. The van der Waals surface area contributed by atoms with Crippen LogP contribution >= 0.6 is 11.3 Å². The molecule has 0 amide bonds. The van der Waals surface area contributed by atoms with Crippen LogP contribution in [-0.2, 0) is 6.54 Å². The Hall–Kier alpha value is -1.95. The third-order valence-corrected chi connectivity index (χ3v) is 3.55. The van der Waals surface area contributed by atoms with Crippen molar-refractivity contribution in [2.45, 2.75) is 20.4 Å². The average molecular weight is 263 g/mol. The molecule has 2 heterocycles. The second-order valence-corrected chi connectivity index (χ2v) is 5.07. The van der Waals surface area contributed by atoms with Gasteiger partial charge in [-0.15, -0.1) is 11.3 Å². The number of pyridine rings is 1. The van der Waals surface area contributed by atoms with Crippen LogP contribution in [0.5, 0.6) is 0 Å². The van der Waals surface area contributed by atoms with Crippen LogP contribution in [0.15, 0.2) is 18.3 Å². The third-order valence-electron chi connectivity index (χ3n) is 2.52. The van der Waals surface area contributed by atoms with Gasteiger partial charge in [-0.05, 0) is 25.5 Å². The Morgan fingerprint density at radius 1 is 1.44 bits per heavy atom. The van der Waals surface area contributed by atoms with Crippen molar-refractivity contribution >= 4 is 22.4 Å². The van der Waals surface area contributed by atoms with E-state index in [1.54, 1.807) is 23.6 Å². The van der Waals surface area contributed by atoms with E-state index in [1.165, 1.54) is 10.9 Å². The number of carbonyl (C=O) groups is 1. The van der Waals surface area contributed by atoms with Gasteiger partial charge in [0.25, 0.3) is 0 Å². The Bertz CT molecular complexity index is 544. The lowest BCUT2D eigenvalue weighted by Crippen LogP contribution is -2.03. The molecule has 0 bridgehead atoms. The fraction of sp³-hybridized carbons (Fsp3) is 0.250. The van der Waals surface area contributed by atoms with Crippen molar-refractivity contribution in [2.24, 2.45) is 0 Å². The predicted molar refractivity (Wildman–Crippen MR) is 70.1 cm³/mol. The molecule has 0 aliphatic heterocycles. The molecule has 2 aromatic heterocycles. The lowest BCUT2D eigenvalue weighted by atomic mass is 10.2. The van der Waals surface area contributed by atoms with E-state index < -0.39 is 5.97 Å². The SMILES string of the molecule is Cc1nc(NCc2ccc(C(=O)O)nc2)sc1C. The Balaban J connectivity index is 2.00. The minimum atomic E-state index is -1.01. The van der Waals surface area contributed by atoms with E-state index in [1.807, 2.05) is 13.8 Å². The summed E-state index contributed by atoms with van der Waals surface area (Å²) < 4.78 is 0. The van der Waals surface area contributed by atoms with Crippen LogP contribution in [0.4, 0.5) is 5.13 Å². The van der Waals surface area contributed by atoms with Crippen LogP contribution in [0.2, 0.25) is 0 Å². The number of hydrogen-bond donors (Lipinski definition) is 2. The second kappa shape index (κ2) is 5.14. The van der Waals surface area contributed by atoms with E-state index >= 15 is 0 Å². The molecular weight excluding hydrogens is 250 g/mol. The zero-order valence-electron chi connectivity index (χ0n) is 10.1. The smallest absolute Gasteiger partial charge is 0.354 e. The van der Waals surface area contributed by atoms with Crippen LogP contribution < -0.4 is 5.32 Å². The summed E-state index contributed by atoms with van der Waals surface area (Å²) in [5.41, 5.74) is 2.01.